The monoisotopic (exact) mass is 101 g/mol. The van der Waals surface area contributed by atoms with Gasteiger partial charge in [-0.2, -0.15) is 0 Å². The SMILES string of the molecule is C=C(/C=N\C)CF. The lowest BCUT2D eigenvalue weighted by molar-refractivity contribution is 0.555. The summed E-state index contributed by atoms with van der Waals surface area (Å²) in [6.07, 6.45) is 1.40. The Kier molecular flexibility index (Phi) is 3.19. The van der Waals surface area contributed by atoms with Crippen molar-refractivity contribution in [3.63, 3.8) is 0 Å². The third-order valence-corrected chi connectivity index (χ3v) is 0.483. The topological polar surface area (TPSA) is 12.4 Å². The average molecular weight is 101 g/mol. The maximum Gasteiger partial charge on any atom is 0.115 e. The Hall–Kier alpha value is -0.660. The van der Waals surface area contributed by atoms with Crippen molar-refractivity contribution in [2.75, 3.05) is 13.7 Å². The van der Waals surface area contributed by atoms with E-state index in [1.807, 2.05) is 0 Å². The molecule has 2 heteroatoms. The van der Waals surface area contributed by atoms with Gasteiger partial charge in [0.05, 0.1) is 0 Å². The molecule has 40 valence electrons. The van der Waals surface area contributed by atoms with Crippen LogP contribution in [-0.4, -0.2) is 19.9 Å². The van der Waals surface area contributed by atoms with E-state index in [4.69, 9.17) is 0 Å². The van der Waals surface area contributed by atoms with Crippen molar-refractivity contribution < 1.29 is 4.39 Å². The lowest BCUT2D eigenvalue weighted by atomic mass is 10.4. The Morgan fingerprint density at radius 1 is 2.00 bits per heavy atom. The standard InChI is InChI=1S/C5H8FN/c1-5(3-6)4-7-2/h4H,1,3H2,2H3/b7-4-. The Bertz CT molecular complexity index is 86.1. The van der Waals surface area contributed by atoms with Gasteiger partial charge in [0.25, 0.3) is 0 Å². The molecule has 0 saturated carbocycles. The first-order valence-electron chi connectivity index (χ1n) is 1.97. The van der Waals surface area contributed by atoms with Gasteiger partial charge >= 0.3 is 0 Å². The largest absolute Gasteiger partial charge is 0.296 e. The molecule has 0 heterocycles. The van der Waals surface area contributed by atoms with Gasteiger partial charge in [0.15, 0.2) is 0 Å². The summed E-state index contributed by atoms with van der Waals surface area (Å²) in [5, 5.41) is 0. The molecule has 0 amide bonds. The number of alkyl halides is 1. The Labute approximate surface area is 42.6 Å². The van der Waals surface area contributed by atoms with Gasteiger partial charge < -0.3 is 0 Å². The maximum atomic E-state index is 11.4. The maximum absolute atomic E-state index is 11.4. The minimum Gasteiger partial charge on any atom is -0.296 e. The predicted molar refractivity (Wildman–Crippen MR) is 29.5 cm³/mol. The summed E-state index contributed by atoms with van der Waals surface area (Å²) in [5.74, 6) is 0. The van der Waals surface area contributed by atoms with Crippen LogP contribution in [0.5, 0.6) is 0 Å². The molecule has 0 bridgehead atoms. The van der Waals surface area contributed by atoms with Crippen LogP contribution in [0.1, 0.15) is 0 Å². The molecule has 0 aromatic heterocycles. The zero-order valence-corrected chi connectivity index (χ0v) is 4.32. The van der Waals surface area contributed by atoms with Crippen molar-refractivity contribution in [3.8, 4) is 0 Å². The highest BCUT2D eigenvalue weighted by Crippen LogP contribution is 1.82. The summed E-state index contributed by atoms with van der Waals surface area (Å²) in [6, 6.07) is 0. The van der Waals surface area contributed by atoms with E-state index in [0.29, 0.717) is 5.57 Å². The summed E-state index contributed by atoms with van der Waals surface area (Å²) in [6.45, 7) is 2.84. The fraction of sp³-hybridized carbons (Fsp3) is 0.400. The molecule has 0 aromatic carbocycles. The fourth-order valence-electron chi connectivity index (χ4n) is 0.217. The van der Waals surface area contributed by atoms with Crippen molar-refractivity contribution >= 4 is 6.21 Å². The first kappa shape index (κ1) is 6.34. The number of hydrogen-bond donors (Lipinski definition) is 0. The summed E-state index contributed by atoms with van der Waals surface area (Å²) < 4.78 is 11.4. The molecule has 0 aliphatic carbocycles. The molecule has 0 radical (unpaired) electrons. The normalized spacial score (nSPS) is 10.0. The van der Waals surface area contributed by atoms with E-state index in [0.717, 1.165) is 0 Å². The summed E-state index contributed by atoms with van der Waals surface area (Å²) in [5.41, 5.74) is 0.419. The highest BCUT2D eigenvalue weighted by atomic mass is 19.1. The molecule has 0 spiro atoms. The molecule has 0 fully saturated rings. The number of rotatable bonds is 2. The third-order valence-electron chi connectivity index (χ3n) is 0.483. The van der Waals surface area contributed by atoms with Crippen molar-refractivity contribution in [1.82, 2.24) is 0 Å². The number of halogens is 1. The van der Waals surface area contributed by atoms with Gasteiger partial charge in [-0.05, 0) is 5.57 Å². The van der Waals surface area contributed by atoms with E-state index in [1.54, 1.807) is 7.05 Å². The molecular formula is C5H8FN. The van der Waals surface area contributed by atoms with Crippen LogP contribution in [0.25, 0.3) is 0 Å². The second-order valence-corrected chi connectivity index (χ2v) is 1.18. The number of nitrogens with zero attached hydrogens (tertiary/aromatic N) is 1. The molecule has 0 aliphatic rings. The van der Waals surface area contributed by atoms with Crippen LogP contribution in [0.3, 0.4) is 0 Å². The summed E-state index contributed by atoms with van der Waals surface area (Å²) in [4.78, 5) is 3.54. The quantitative estimate of drug-likeness (QED) is 0.463. The van der Waals surface area contributed by atoms with E-state index >= 15 is 0 Å². The zero-order valence-electron chi connectivity index (χ0n) is 4.32. The minimum absolute atomic E-state index is 0.419. The van der Waals surface area contributed by atoms with Crippen LogP contribution in [0, 0.1) is 0 Å². The Balaban J connectivity index is 3.37. The fourth-order valence-corrected chi connectivity index (χ4v) is 0.217. The highest BCUT2D eigenvalue weighted by Gasteiger charge is 1.80. The smallest absolute Gasteiger partial charge is 0.115 e. The lowest BCUT2D eigenvalue weighted by Crippen LogP contribution is -1.81. The van der Waals surface area contributed by atoms with E-state index in [2.05, 4.69) is 11.6 Å². The highest BCUT2D eigenvalue weighted by molar-refractivity contribution is 5.77. The number of hydrogen-bond acceptors (Lipinski definition) is 1. The second kappa shape index (κ2) is 3.53. The van der Waals surface area contributed by atoms with Crippen molar-refractivity contribution in [3.05, 3.63) is 12.2 Å². The van der Waals surface area contributed by atoms with E-state index < -0.39 is 6.67 Å². The molecule has 7 heavy (non-hydrogen) atoms. The van der Waals surface area contributed by atoms with E-state index in [1.165, 1.54) is 6.21 Å². The van der Waals surface area contributed by atoms with Gasteiger partial charge in [-0.15, -0.1) is 0 Å². The first-order valence-corrected chi connectivity index (χ1v) is 1.97. The predicted octanol–water partition coefficient (Wildman–Crippen LogP) is 1.21. The van der Waals surface area contributed by atoms with Gasteiger partial charge in [-0.3, -0.25) is 4.99 Å². The average Bonchev–Trinajstić information content (AvgIpc) is 1.68. The van der Waals surface area contributed by atoms with E-state index in [-0.39, 0.29) is 0 Å². The van der Waals surface area contributed by atoms with Gasteiger partial charge in [0, 0.05) is 13.3 Å². The summed E-state index contributed by atoms with van der Waals surface area (Å²) >= 11 is 0. The number of aliphatic imine (C=N–C) groups is 1. The van der Waals surface area contributed by atoms with Crippen LogP contribution in [0.4, 0.5) is 4.39 Å². The molecular weight excluding hydrogens is 93.1 g/mol. The lowest BCUT2D eigenvalue weighted by Gasteiger charge is -1.82. The molecule has 0 rings (SSSR count). The third kappa shape index (κ3) is 3.16. The van der Waals surface area contributed by atoms with Gasteiger partial charge in [0.2, 0.25) is 0 Å². The number of allylic oxidation sites excluding steroid dienone is 1. The Morgan fingerprint density at radius 2 is 2.57 bits per heavy atom. The van der Waals surface area contributed by atoms with Crippen molar-refractivity contribution in [1.29, 1.82) is 0 Å². The molecule has 0 aromatic rings. The minimum atomic E-state index is -0.503. The van der Waals surface area contributed by atoms with Gasteiger partial charge in [0.1, 0.15) is 6.67 Å². The van der Waals surface area contributed by atoms with E-state index in [9.17, 15) is 4.39 Å². The molecule has 0 unspecified atom stereocenters. The molecule has 0 aliphatic heterocycles. The zero-order chi connectivity index (χ0) is 5.70. The van der Waals surface area contributed by atoms with Crippen LogP contribution in [-0.2, 0) is 0 Å². The van der Waals surface area contributed by atoms with Crippen molar-refractivity contribution in [2.24, 2.45) is 4.99 Å². The van der Waals surface area contributed by atoms with Gasteiger partial charge in [-0.1, -0.05) is 6.58 Å². The molecule has 1 nitrogen and oxygen atoms in total. The van der Waals surface area contributed by atoms with Crippen LogP contribution in [0.15, 0.2) is 17.1 Å². The molecule has 0 saturated heterocycles. The van der Waals surface area contributed by atoms with Crippen molar-refractivity contribution in [2.45, 2.75) is 0 Å². The summed E-state index contributed by atoms with van der Waals surface area (Å²) in [7, 11) is 1.58. The van der Waals surface area contributed by atoms with Crippen LogP contribution < -0.4 is 0 Å². The van der Waals surface area contributed by atoms with Gasteiger partial charge in [-0.25, -0.2) is 4.39 Å². The Morgan fingerprint density at radius 3 is 2.71 bits per heavy atom. The first-order chi connectivity index (χ1) is 3.31. The second-order valence-electron chi connectivity index (χ2n) is 1.18. The molecule has 0 N–H and O–H groups in total. The molecule has 0 atom stereocenters. The van der Waals surface area contributed by atoms with Crippen LogP contribution in [0.2, 0.25) is 0 Å². The van der Waals surface area contributed by atoms with Crippen LogP contribution >= 0.6 is 0 Å².